The Morgan fingerprint density at radius 2 is 1.67 bits per heavy atom. The fourth-order valence-electron chi connectivity index (χ4n) is 2.38. The second kappa shape index (κ2) is 5.37. The van der Waals surface area contributed by atoms with Gasteiger partial charge < -0.3 is 4.74 Å². The number of carbonyl (C=O) groups excluding carboxylic acids is 2. The zero-order valence-corrected chi connectivity index (χ0v) is 11.6. The lowest BCUT2D eigenvalue weighted by atomic mass is 9.92. The van der Waals surface area contributed by atoms with Crippen molar-refractivity contribution < 1.29 is 14.3 Å². The summed E-state index contributed by atoms with van der Waals surface area (Å²) < 4.78 is 5.78. The molecule has 0 N–H and O–H groups in total. The normalized spacial score (nSPS) is 13.2. The van der Waals surface area contributed by atoms with Gasteiger partial charge in [0, 0.05) is 5.56 Å². The monoisotopic (exact) mass is 278 g/mol. The summed E-state index contributed by atoms with van der Waals surface area (Å²) >= 11 is 0. The first kappa shape index (κ1) is 13.3. The van der Waals surface area contributed by atoms with E-state index >= 15 is 0 Å². The molecule has 3 nitrogen and oxygen atoms in total. The van der Waals surface area contributed by atoms with E-state index in [1.807, 2.05) is 37.3 Å². The Hall–Kier alpha value is -2.68. The standard InChI is InChI=1S/C18H14O3/c1-12-9-14-15(19)7-8-16(20)18(14)17(10-12)21-11-13-5-3-2-4-6-13/h2-10H,11H2,1H3. The summed E-state index contributed by atoms with van der Waals surface area (Å²) in [7, 11) is 0. The number of hydrogen-bond donors (Lipinski definition) is 0. The molecule has 0 saturated heterocycles. The van der Waals surface area contributed by atoms with E-state index < -0.39 is 0 Å². The molecule has 2 aromatic carbocycles. The molecule has 0 atom stereocenters. The highest BCUT2D eigenvalue weighted by molar-refractivity contribution is 6.23. The van der Waals surface area contributed by atoms with Crippen LogP contribution in [0.2, 0.25) is 0 Å². The van der Waals surface area contributed by atoms with Gasteiger partial charge in [-0.15, -0.1) is 0 Å². The van der Waals surface area contributed by atoms with Crippen LogP contribution in [0.1, 0.15) is 31.8 Å². The van der Waals surface area contributed by atoms with Crippen molar-refractivity contribution in [3.05, 3.63) is 76.9 Å². The van der Waals surface area contributed by atoms with Crippen molar-refractivity contribution >= 4 is 11.6 Å². The molecular formula is C18H14O3. The largest absolute Gasteiger partial charge is 0.488 e. The van der Waals surface area contributed by atoms with Crippen LogP contribution in [-0.4, -0.2) is 11.6 Å². The molecule has 0 spiro atoms. The first-order valence-electron chi connectivity index (χ1n) is 6.73. The topological polar surface area (TPSA) is 43.4 Å². The van der Waals surface area contributed by atoms with Crippen molar-refractivity contribution in [3.8, 4) is 5.75 Å². The van der Waals surface area contributed by atoms with Crippen LogP contribution in [0.15, 0.2) is 54.6 Å². The van der Waals surface area contributed by atoms with Gasteiger partial charge in [0.05, 0.1) is 5.56 Å². The first-order chi connectivity index (χ1) is 10.1. The zero-order valence-electron chi connectivity index (χ0n) is 11.6. The van der Waals surface area contributed by atoms with Gasteiger partial charge in [-0.1, -0.05) is 30.3 Å². The average Bonchev–Trinajstić information content (AvgIpc) is 2.49. The van der Waals surface area contributed by atoms with E-state index in [1.165, 1.54) is 12.2 Å². The van der Waals surface area contributed by atoms with Crippen molar-refractivity contribution in [3.63, 3.8) is 0 Å². The molecule has 21 heavy (non-hydrogen) atoms. The lowest BCUT2D eigenvalue weighted by Gasteiger charge is -2.16. The molecule has 0 aliphatic heterocycles. The van der Waals surface area contributed by atoms with E-state index in [0.29, 0.717) is 23.5 Å². The van der Waals surface area contributed by atoms with E-state index in [0.717, 1.165) is 11.1 Å². The fraction of sp³-hybridized carbons (Fsp3) is 0.111. The maximum atomic E-state index is 12.1. The molecule has 3 heteroatoms. The van der Waals surface area contributed by atoms with Crippen molar-refractivity contribution in [2.24, 2.45) is 0 Å². The van der Waals surface area contributed by atoms with Crippen LogP contribution in [0.5, 0.6) is 5.75 Å². The van der Waals surface area contributed by atoms with E-state index in [2.05, 4.69) is 0 Å². The lowest BCUT2D eigenvalue weighted by Crippen LogP contribution is -2.14. The Labute approximate surface area is 122 Å². The molecule has 0 aromatic heterocycles. The molecule has 3 rings (SSSR count). The average molecular weight is 278 g/mol. The molecule has 0 saturated carbocycles. The number of fused-ring (bicyclic) bond motifs is 1. The Morgan fingerprint density at radius 1 is 0.952 bits per heavy atom. The van der Waals surface area contributed by atoms with Gasteiger partial charge in [-0.05, 0) is 42.3 Å². The molecule has 0 bridgehead atoms. The predicted molar refractivity (Wildman–Crippen MR) is 79.8 cm³/mol. The van der Waals surface area contributed by atoms with Crippen LogP contribution in [0.3, 0.4) is 0 Å². The number of aryl methyl sites for hydroxylation is 1. The van der Waals surface area contributed by atoms with Gasteiger partial charge in [0.1, 0.15) is 12.4 Å². The molecule has 2 aromatic rings. The number of ether oxygens (including phenoxy) is 1. The minimum atomic E-state index is -0.187. The molecule has 1 aliphatic carbocycles. The highest BCUT2D eigenvalue weighted by Gasteiger charge is 2.23. The maximum Gasteiger partial charge on any atom is 0.190 e. The fourth-order valence-corrected chi connectivity index (χ4v) is 2.38. The van der Waals surface area contributed by atoms with Gasteiger partial charge in [-0.25, -0.2) is 0 Å². The predicted octanol–water partition coefficient (Wildman–Crippen LogP) is 3.51. The molecule has 0 heterocycles. The molecule has 0 fully saturated rings. The van der Waals surface area contributed by atoms with E-state index in [1.54, 1.807) is 12.1 Å². The van der Waals surface area contributed by atoms with E-state index in [9.17, 15) is 9.59 Å². The molecule has 0 amide bonds. The Balaban J connectivity index is 1.96. The van der Waals surface area contributed by atoms with Gasteiger partial charge in [0.15, 0.2) is 11.6 Å². The van der Waals surface area contributed by atoms with Gasteiger partial charge in [0.25, 0.3) is 0 Å². The van der Waals surface area contributed by atoms with Crippen LogP contribution >= 0.6 is 0 Å². The Morgan fingerprint density at radius 3 is 2.43 bits per heavy atom. The number of rotatable bonds is 3. The van der Waals surface area contributed by atoms with Crippen LogP contribution in [-0.2, 0) is 6.61 Å². The molecule has 104 valence electrons. The summed E-state index contributed by atoms with van der Waals surface area (Å²) in [6.07, 6.45) is 2.61. The van der Waals surface area contributed by atoms with Gasteiger partial charge in [0.2, 0.25) is 0 Å². The summed E-state index contributed by atoms with van der Waals surface area (Å²) in [5.74, 6) is 0.127. The minimum Gasteiger partial charge on any atom is -0.488 e. The quantitative estimate of drug-likeness (QED) is 0.863. The van der Waals surface area contributed by atoms with Crippen LogP contribution < -0.4 is 4.74 Å². The summed E-state index contributed by atoms with van der Waals surface area (Å²) in [5.41, 5.74) is 2.70. The smallest absolute Gasteiger partial charge is 0.190 e. The minimum absolute atomic E-state index is 0.155. The third-order valence-electron chi connectivity index (χ3n) is 3.38. The van der Waals surface area contributed by atoms with Gasteiger partial charge >= 0.3 is 0 Å². The SMILES string of the molecule is Cc1cc(OCc2ccccc2)c2c(c1)C(=O)C=CC2=O. The zero-order chi connectivity index (χ0) is 14.8. The van der Waals surface area contributed by atoms with Crippen LogP contribution in [0, 0.1) is 6.92 Å². The Bertz CT molecular complexity index is 743. The number of allylic oxidation sites excluding steroid dienone is 2. The van der Waals surface area contributed by atoms with Crippen molar-refractivity contribution in [1.29, 1.82) is 0 Å². The van der Waals surface area contributed by atoms with Crippen molar-refractivity contribution in [2.75, 3.05) is 0 Å². The van der Waals surface area contributed by atoms with Crippen molar-refractivity contribution in [1.82, 2.24) is 0 Å². The lowest BCUT2D eigenvalue weighted by molar-refractivity contribution is 0.0990. The maximum absolute atomic E-state index is 12.1. The molecule has 1 aliphatic rings. The molecular weight excluding hydrogens is 264 g/mol. The van der Waals surface area contributed by atoms with Gasteiger partial charge in [-0.3, -0.25) is 9.59 Å². The molecule has 0 unspecified atom stereocenters. The summed E-state index contributed by atoms with van der Waals surface area (Å²) in [4.78, 5) is 24.0. The number of carbonyl (C=O) groups is 2. The highest BCUT2D eigenvalue weighted by Crippen LogP contribution is 2.29. The second-order valence-corrected chi connectivity index (χ2v) is 5.02. The molecule has 0 radical (unpaired) electrons. The summed E-state index contributed by atoms with van der Waals surface area (Å²) in [6, 6.07) is 13.2. The van der Waals surface area contributed by atoms with Gasteiger partial charge in [-0.2, -0.15) is 0 Å². The highest BCUT2D eigenvalue weighted by atomic mass is 16.5. The van der Waals surface area contributed by atoms with Crippen molar-refractivity contribution in [2.45, 2.75) is 13.5 Å². The number of ketones is 2. The second-order valence-electron chi connectivity index (χ2n) is 5.02. The number of hydrogen-bond acceptors (Lipinski definition) is 3. The van der Waals surface area contributed by atoms with Crippen LogP contribution in [0.4, 0.5) is 0 Å². The Kier molecular flexibility index (Phi) is 3.40. The third-order valence-corrected chi connectivity index (χ3v) is 3.38. The summed E-state index contributed by atoms with van der Waals surface area (Å²) in [5, 5.41) is 0. The third kappa shape index (κ3) is 2.63. The number of benzene rings is 2. The summed E-state index contributed by atoms with van der Waals surface area (Å²) in [6.45, 7) is 2.24. The van der Waals surface area contributed by atoms with E-state index in [4.69, 9.17) is 4.74 Å². The van der Waals surface area contributed by atoms with E-state index in [-0.39, 0.29) is 11.6 Å². The van der Waals surface area contributed by atoms with Crippen LogP contribution in [0.25, 0.3) is 0 Å². The first-order valence-corrected chi connectivity index (χ1v) is 6.73.